The number of hydrogen-bond donors (Lipinski definition) is 1. The Morgan fingerprint density at radius 2 is 1.88 bits per heavy atom. The molecule has 1 aliphatic heterocycles. The van der Waals surface area contributed by atoms with Gasteiger partial charge in [0.15, 0.2) is 0 Å². The summed E-state index contributed by atoms with van der Waals surface area (Å²) in [7, 11) is 0. The molecule has 4 atom stereocenters. The molecular weight excluding hydrogens is 202 g/mol. The van der Waals surface area contributed by atoms with Gasteiger partial charge >= 0.3 is 0 Å². The van der Waals surface area contributed by atoms with Gasteiger partial charge in [-0.15, -0.1) is 0 Å². The lowest BCUT2D eigenvalue weighted by Gasteiger charge is -2.63. The first-order chi connectivity index (χ1) is 7.60. The smallest absolute Gasteiger partial charge is 0.0701 e. The second-order valence-electron chi connectivity index (χ2n) is 6.30. The van der Waals surface area contributed by atoms with E-state index in [1.165, 1.54) is 6.42 Å². The van der Waals surface area contributed by atoms with Gasteiger partial charge in [-0.05, 0) is 30.1 Å². The monoisotopic (exact) mass is 225 g/mol. The first-order valence-electron chi connectivity index (χ1n) is 6.60. The van der Waals surface area contributed by atoms with Crippen molar-refractivity contribution in [1.29, 1.82) is 0 Å². The average molecular weight is 225 g/mol. The Labute approximate surface area is 97.8 Å². The Hall–Kier alpha value is -0.120. The van der Waals surface area contributed by atoms with E-state index < -0.39 is 0 Å². The van der Waals surface area contributed by atoms with Gasteiger partial charge in [-0.3, -0.25) is 4.90 Å². The molecule has 0 radical (unpaired) electrons. The van der Waals surface area contributed by atoms with Crippen LogP contribution >= 0.6 is 0 Å². The Morgan fingerprint density at radius 3 is 2.50 bits per heavy atom. The molecule has 1 N–H and O–H groups in total. The van der Waals surface area contributed by atoms with Crippen LogP contribution < -0.4 is 0 Å². The number of ether oxygens (including phenoxy) is 1. The third kappa shape index (κ3) is 1.45. The van der Waals surface area contributed by atoms with Crippen LogP contribution in [0.3, 0.4) is 0 Å². The van der Waals surface area contributed by atoms with E-state index in [2.05, 4.69) is 18.7 Å². The van der Waals surface area contributed by atoms with Gasteiger partial charge in [0.05, 0.1) is 19.3 Å². The summed E-state index contributed by atoms with van der Waals surface area (Å²) in [5.41, 5.74) is 0.447. The summed E-state index contributed by atoms with van der Waals surface area (Å²) in [6.07, 6.45) is 2.23. The van der Waals surface area contributed by atoms with Crippen LogP contribution in [0.25, 0.3) is 0 Å². The van der Waals surface area contributed by atoms with E-state index in [0.29, 0.717) is 17.4 Å². The molecule has 0 unspecified atom stereocenters. The number of morpholine rings is 1. The molecule has 3 nitrogen and oxygen atoms in total. The van der Waals surface area contributed by atoms with Crippen LogP contribution in [-0.4, -0.2) is 48.5 Å². The molecule has 0 aromatic rings. The predicted molar refractivity (Wildman–Crippen MR) is 62.2 cm³/mol. The molecule has 0 spiro atoms. The number of rotatable bonds is 1. The minimum Gasteiger partial charge on any atom is -0.391 e. The third-order valence-corrected chi connectivity index (χ3v) is 5.35. The standard InChI is InChI=1S/C13H23NO2/c1-13(2)9-7-10(13)12(11(15)8-9)14-3-5-16-6-4-14/h9-12,15H,3-8H2,1-2H3/t9-,10+,11+,12+/m0/s1. The van der Waals surface area contributed by atoms with Crippen LogP contribution in [0, 0.1) is 17.3 Å². The quantitative estimate of drug-likeness (QED) is 0.726. The Morgan fingerprint density at radius 1 is 1.19 bits per heavy atom. The highest BCUT2D eigenvalue weighted by Crippen LogP contribution is 2.60. The lowest BCUT2D eigenvalue weighted by Crippen LogP contribution is -2.66. The molecule has 16 heavy (non-hydrogen) atoms. The Balaban J connectivity index is 1.76. The van der Waals surface area contributed by atoms with E-state index >= 15 is 0 Å². The van der Waals surface area contributed by atoms with E-state index in [1.807, 2.05) is 0 Å². The summed E-state index contributed by atoms with van der Waals surface area (Å²) in [5.74, 6) is 1.45. The van der Waals surface area contributed by atoms with Gasteiger partial charge in [-0.1, -0.05) is 13.8 Å². The highest BCUT2D eigenvalue weighted by Gasteiger charge is 2.58. The molecule has 4 rings (SSSR count). The van der Waals surface area contributed by atoms with Crippen molar-refractivity contribution in [3.8, 4) is 0 Å². The zero-order valence-corrected chi connectivity index (χ0v) is 10.4. The molecule has 1 heterocycles. The largest absolute Gasteiger partial charge is 0.391 e. The van der Waals surface area contributed by atoms with Crippen molar-refractivity contribution in [2.75, 3.05) is 26.3 Å². The third-order valence-electron chi connectivity index (χ3n) is 5.35. The van der Waals surface area contributed by atoms with Crippen molar-refractivity contribution >= 4 is 0 Å². The van der Waals surface area contributed by atoms with Crippen molar-refractivity contribution in [3.63, 3.8) is 0 Å². The van der Waals surface area contributed by atoms with Gasteiger partial charge in [0.25, 0.3) is 0 Å². The number of hydrogen-bond acceptors (Lipinski definition) is 3. The average Bonchev–Trinajstić information content (AvgIpc) is 2.29. The topological polar surface area (TPSA) is 32.7 Å². The van der Waals surface area contributed by atoms with E-state index in [-0.39, 0.29) is 6.10 Å². The van der Waals surface area contributed by atoms with E-state index in [4.69, 9.17) is 4.74 Å². The summed E-state index contributed by atoms with van der Waals surface area (Å²) < 4.78 is 5.40. The van der Waals surface area contributed by atoms with Gasteiger partial charge in [-0.2, -0.15) is 0 Å². The van der Waals surface area contributed by atoms with Gasteiger partial charge in [0.1, 0.15) is 0 Å². The van der Waals surface area contributed by atoms with Crippen molar-refractivity contribution in [1.82, 2.24) is 4.90 Å². The van der Waals surface area contributed by atoms with Crippen LogP contribution in [-0.2, 0) is 4.74 Å². The lowest BCUT2D eigenvalue weighted by atomic mass is 9.46. The van der Waals surface area contributed by atoms with Gasteiger partial charge in [0.2, 0.25) is 0 Å². The van der Waals surface area contributed by atoms with Crippen molar-refractivity contribution < 1.29 is 9.84 Å². The van der Waals surface area contributed by atoms with Crippen LogP contribution in [0.4, 0.5) is 0 Å². The molecule has 3 saturated carbocycles. The molecule has 92 valence electrons. The number of aliphatic hydroxyl groups is 1. The minimum atomic E-state index is -0.102. The second kappa shape index (κ2) is 3.69. The molecular formula is C13H23NO2. The molecule has 1 saturated heterocycles. The molecule has 0 aromatic carbocycles. The van der Waals surface area contributed by atoms with E-state index in [0.717, 1.165) is 38.6 Å². The van der Waals surface area contributed by atoms with Crippen LogP contribution in [0.2, 0.25) is 0 Å². The predicted octanol–water partition coefficient (Wildman–Crippen LogP) is 1.11. The zero-order chi connectivity index (χ0) is 11.3. The molecule has 4 fully saturated rings. The van der Waals surface area contributed by atoms with Crippen LogP contribution in [0.1, 0.15) is 26.7 Å². The molecule has 4 aliphatic rings. The summed E-state index contributed by atoms with van der Waals surface area (Å²) in [6.45, 7) is 8.42. The first-order valence-corrected chi connectivity index (χ1v) is 6.60. The van der Waals surface area contributed by atoms with Crippen LogP contribution in [0.5, 0.6) is 0 Å². The fourth-order valence-corrected chi connectivity index (χ4v) is 4.11. The van der Waals surface area contributed by atoms with Gasteiger partial charge < -0.3 is 9.84 Å². The molecule has 0 aromatic heterocycles. The zero-order valence-electron chi connectivity index (χ0n) is 10.4. The minimum absolute atomic E-state index is 0.102. The second-order valence-corrected chi connectivity index (χ2v) is 6.30. The van der Waals surface area contributed by atoms with Crippen molar-refractivity contribution in [2.45, 2.75) is 38.8 Å². The summed E-state index contributed by atoms with van der Waals surface area (Å²) in [4.78, 5) is 2.47. The van der Waals surface area contributed by atoms with E-state index in [1.54, 1.807) is 0 Å². The van der Waals surface area contributed by atoms with Gasteiger partial charge in [0, 0.05) is 19.1 Å². The lowest BCUT2D eigenvalue weighted by molar-refractivity contribution is -0.180. The fraction of sp³-hybridized carbons (Fsp3) is 1.00. The molecule has 2 bridgehead atoms. The maximum Gasteiger partial charge on any atom is 0.0701 e. The molecule has 3 heteroatoms. The maximum absolute atomic E-state index is 10.3. The SMILES string of the molecule is CC1(C)[C@@H]2C[C@@H](O)[C@H](N3CCOCC3)[C@H]1C2. The summed E-state index contributed by atoms with van der Waals surface area (Å²) >= 11 is 0. The highest BCUT2D eigenvalue weighted by atomic mass is 16.5. The highest BCUT2D eigenvalue weighted by molar-refractivity contribution is 5.09. The summed E-state index contributed by atoms with van der Waals surface area (Å²) in [6, 6.07) is 0.392. The van der Waals surface area contributed by atoms with Crippen molar-refractivity contribution in [3.05, 3.63) is 0 Å². The summed E-state index contributed by atoms with van der Waals surface area (Å²) in [5, 5.41) is 10.3. The number of fused-ring (bicyclic) bond motifs is 2. The Bertz CT molecular complexity index is 273. The Kier molecular flexibility index (Phi) is 2.54. The number of aliphatic hydroxyl groups excluding tert-OH is 1. The van der Waals surface area contributed by atoms with Crippen LogP contribution in [0.15, 0.2) is 0 Å². The molecule has 0 amide bonds. The van der Waals surface area contributed by atoms with Crippen molar-refractivity contribution in [2.24, 2.45) is 17.3 Å². The molecule has 3 aliphatic carbocycles. The van der Waals surface area contributed by atoms with E-state index in [9.17, 15) is 5.11 Å². The normalized spacial score (nSPS) is 47.4. The first kappa shape index (κ1) is 11.0. The fourth-order valence-electron chi connectivity index (χ4n) is 4.11. The number of nitrogens with zero attached hydrogens (tertiary/aromatic N) is 1. The van der Waals surface area contributed by atoms with Gasteiger partial charge in [-0.25, -0.2) is 0 Å². The maximum atomic E-state index is 10.3.